The Hall–Kier alpha value is -2.58. The number of hydrogen-bond acceptors (Lipinski definition) is 5. The molecule has 0 bridgehead atoms. The van der Waals surface area contributed by atoms with Crippen LogP contribution in [-0.4, -0.2) is 35.2 Å². The molecule has 0 aliphatic heterocycles. The fraction of sp³-hybridized carbons (Fsp3) is 0.700. The first-order chi connectivity index (χ1) is 21.7. The lowest BCUT2D eigenvalue weighted by Gasteiger charge is -2.55. The molecule has 1 N–H and O–H groups in total. The first-order valence-electron chi connectivity index (χ1n) is 18.0. The summed E-state index contributed by atoms with van der Waals surface area (Å²) in [5.74, 6) is 7.68. The lowest BCUT2D eigenvalue weighted by Crippen LogP contribution is -2.54. The average molecular weight is 611 g/mol. The molecule has 7 aliphatic carbocycles. The number of ether oxygens (including phenoxy) is 2. The summed E-state index contributed by atoms with van der Waals surface area (Å²) in [7, 11) is 0. The maximum absolute atomic E-state index is 13.4. The van der Waals surface area contributed by atoms with E-state index in [0.29, 0.717) is 60.1 Å². The van der Waals surface area contributed by atoms with Crippen LogP contribution in [0.1, 0.15) is 114 Å². The number of benzene rings is 1. The predicted octanol–water partition coefficient (Wildman–Crippen LogP) is 7.34. The molecule has 4 unspecified atom stereocenters. The van der Waals surface area contributed by atoms with Gasteiger partial charge in [0.25, 0.3) is 0 Å². The van der Waals surface area contributed by atoms with Crippen molar-refractivity contribution in [1.82, 2.24) is 0 Å². The van der Waals surface area contributed by atoms with E-state index in [9.17, 15) is 14.7 Å². The molecule has 0 saturated heterocycles. The zero-order valence-corrected chi connectivity index (χ0v) is 27.2. The summed E-state index contributed by atoms with van der Waals surface area (Å²) in [6.07, 6.45) is 22.1. The first kappa shape index (κ1) is 29.8. The van der Waals surface area contributed by atoms with Crippen molar-refractivity contribution in [2.75, 3.05) is 6.61 Å². The molecule has 8 rings (SSSR count). The molecule has 5 heteroatoms. The number of esters is 1. The second-order valence-corrected chi connectivity index (χ2v) is 16.4. The highest BCUT2D eigenvalue weighted by Gasteiger charge is 2.64. The molecule has 45 heavy (non-hydrogen) atoms. The molecule has 5 nitrogen and oxygen atoms in total. The number of carbonyl (C=O) groups excluding carboxylic acids is 2. The minimum Gasteiger partial charge on any atom is -0.482 e. The average Bonchev–Trinajstić information content (AvgIpc) is 3.51. The number of fused-ring (bicyclic) bond motifs is 10. The van der Waals surface area contributed by atoms with Gasteiger partial charge < -0.3 is 14.6 Å². The molecule has 1 aromatic rings. The van der Waals surface area contributed by atoms with Gasteiger partial charge in [-0.2, -0.15) is 0 Å². The van der Waals surface area contributed by atoms with E-state index in [1.807, 2.05) is 12.1 Å². The number of aliphatic hydroxyl groups excluding tert-OH is 1. The van der Waals surface area contributed by atoms with Crippen LogP contribution in [-0.2, 0) is 20.7 Å². The largest absolute Gasteiger partial charge is 0.482 e. The Bertz CT molecular complexity index is 1470. The van der Waals surface area contributed by atoms with E-state index in [-0.39, 0.29) is 29.5 Å². The minimum absolute atomic E-state index is 0.0852. The van der Waals surface area contributed by atoms with E-state index < -0.39 is 5.60 Å². The van der Waals surface area contributed by atoms with Crippen LogP contribution in [0.15, 0.2) is 29.8 Å². The maximum Gasteiger partial charge on any atom is 0.345 e. The Morgan fingerprint density at radius 2 is 1.76 bits per heavy atom. The van der Waals surface area contributed by atoms with Gasteiger partial charge in [0.1, 0.15) is 5.75 Å². The van der Waals surface area contributed by atoms with Gasteiger partial charge in [0, 0.05) is 11.8 Å². The molecule has 0 aromatic heterocycles. The molecule has 1 aromatic carbocycles. The van der Waals surface area contributed by atoms with Gasteiger partial charge in [-0.1, -0.05) is 31.4 Å². The van der Waals surface area contributed by atoms with Crippen molar-refractivity contribution < 1.29 is 24.2 Å². The van der Waals surface area contributed by atoms with Crippen LogP contribution in [0.2, 0.25) is 0 Å². The number of ketones is 1. The molecule has 0 spiro atoms. The van der Waals surface area contributed by atoms with Gasteiger partial charge in [-0.3, -0.25) is 4.79 Å². The third kappa shape index (κ3) is 4.44. The molecule has 240 valence electrons. The Morgan fingerprint density at radius 1 is 0.911 bits per heavy atom. The first-order valence-corrected chi connectivity index (χ1v) is 18.0. The molecule has 0 heterocycles. The Morgan fingerprint density at radius 3 is 2.60 bits per heavy atom. The van der Waals surface area contributed by atoms with E-state index in [1.54, 1.807) is 0 Å². The third-order valence-electron chi connectivity index (χ3n) is 14.9. The fourth-order valence-corrected chi connectivity index (χ4v) is 12.6. The van der Waals surface area contributed by atoms with Crippen LogP contribution in [0.4, 0.5) is 0 Å². The van der Waals surface area contributed by atoms with Crippen LogP contribution in [0.3, 0.4) is 0 Å². The molecule has 5 fully saturated rings. The standard InChI is InChI=1S/C40H50O5/c1-4-40(20-17-35-33-10-5-24-21-26(41)7-11-28(24)31(33)16-19-39(35,40)3)45-37(43)23-44-27-8-12-29-25(22-27)6-9-32-30(29)15-18-38(2)34(32)13-14-36(38)42/h1,8,12,21-22,28,30-36,42H,5-7,9-11,13-20,23H2,2-3H3/t28?,30-,31?,32-,33?,34+,35?,36+,38+,39+,40+/m1/s1. The van der Waals surface area contributed by atoms with Crippen molar-refractivity contribution in [3.63, 3.8) is 0 Å². The third-order valence-corrected chi connectivity index (χ3v) is 14.9. The molecular weight excluding hydrogens is 560 g/mol. The van der Waals surface area contributed by atoms with Crippen LogP contribution in [0.5, 0.6) is 5.75 Å². The van der Waals surface area contributed by atoms with E-state index in [2.05, 4.69) is 31.9 Å². The lowest BCUT2D eigenvalue weighted by atomic mass is 9.50. The summed E-state index contributed by atoms with van der Waals surface area (Å²) < 4.78 is 12.4. The van der Waals surface area contributed by atoms with Gasteiger partial charge in [0.05, 0.1) is 6.10 Å². The second-order valence-electron chi connectivity index (χ2n) is 16.4. The van der Waals surface area contributed by atoms with Gasteiger partial charge in [-0.05, 0) is 160 Å². The van der Waals surface area contributed by atoms with E-state index in [0.717, 1.165) is 76.4 Å². The minimum atomic E-state index is -0.893. The predicted molar refractivity (Wildman–Crippen MR) is 172 cm³/mol. The topological polar surface area (TPSA) is 72.8 Å². The maximum atomic E-state index is 13.4. The SMILES string of the molecule is C#C[C@]1(OC(=O)COc2ccc3c(c2)CC[C@@H]2[C@@H]3CC[C@]3(C)[C@@H](O)CC[C@@H]23)CCC2C3CCC4=CC(=O)CCC4C3CC[C@@]21C. The van der Waals surface area contributed by atoms with Crippen molar-refractivity contribution in [1.29, 1.82) is 0 Å². The monoisotopic (exact) mass is 610 g/mol. The van der Waals surface area contributed by atoms with Crippen molar-refractivity contribution in [2.24, 2.45) is 46.3 Å². The number of aryl methyl sites for hydroxylation is 1. The normalized spacial score (nSPS) is 44.6. The Labute approximate surface area is 268 Å². The Kier molecular flexibility index (Phi) is 7.10. The number of allylic oxidation sites excluding steroid dienone is 1. The van der Waals surface area contributed by atoms with E-state index in [4.69, 9.17) is 15.9 Å². The summed E-state index contributed by atoms with van der Waals surface area (Å²) in [4.78, 5) is 25.5. The smallest absolute Gasteiger partial charge is 0.345 e. The zero-order chi connectivity index (χ0) is 31.1. The van der Waals surface area contributed by atoms with Gasteiger partial charge >= 0.3 is 5.97 Å². The van der Waals surface area contributed by atoms with Crippen molar-refractivity contribution in [2.45, 2.75) is 121 Å². The van der Waals surface area contributed by atoms with Gasteiger partial charge in [0.15, 0.2) is 18.0 Å². The molecular formula is C40H50O5. The molecule has 0 radical (unpaired) electrons. The highest BCUT2D eigenvalue weighted by molar-refractivity contribution is 5.91. The van der Waals surface area contributed by atoms with Crippen LogP contribution in [0, 0.1) is 58.7 Å². The quantitative estimate of drug-likeness (QED) is 0.285. The zero-order valence-electron chi connectivity index (χ0n) is 27.2. The summed E-state index contributed by atoms with van der Waals surface area (Å²) in [5.41, 5.74) is 3.13. The fourth-order valence-electron chi connectivity index (χ4n) is 12.6. The second kappa shape index (κ2) is 10.7. The molecule has 0 amide bonds. The lowest BCUT2D eigenvalue weighted by molar-refractivity contribution is -0.172. The van der Waals surface area contributed by atoms with E-state index in [1.165, 1.54) is 23.1 Å². The summed E-state index contributed by atoms with van der Waals surface area (Å²) in [5, 5.41) is 10.7. The van der Waals surface area contributed by atoms with Gasteiger partial charge in [0.2, 0.25) is 0 Å². The number of terminal acetylenes is 1. The number of rotatable bonds is 4. The number of hydrogen-bond donors (Lipinski definition) is 1. The van der Waals surface area contributed by atoms with Crippen LogP contribution < -0.4 is 4.74 Å². The number of aliphatic hydroxyl groups is 1. The van der Waals surface area contributed by atoms with Gasteiger partial charge in [-0.15, -0.1) is 6.42 Å². The summed E-state index contributed by atoms with van der Waals surface area (Å²) in [6, 6.07) is 6.41. The Balaban J connectivity index is 0.925. The van der Waals surface area contributed by atoms with Crippen LogP contribution >= 0.6 is 0 Å². The molecule has 5 saturated carbocycles. The van der Waals surface area contributed by atoms with Crippen LogP contribution in [0.25, 0.3) is 0 Å². The van der Waals surface area contributed by atoms with Crippen molar-refractivity contribution in [3.05, 3.63) is 41.0 Å². The van der Waals surface area contributed by atoms with Crippen molar-refractivity contribution >= 4 is 11.8 Å². The molecule has 7 aliphatic rings. The van der Waals surface area contributed by atoms with E-state index >= 15 is 0 Å². The van der Waals surface area contributed by atoms with Crippen molar-refractivity contribution in [3.8, 4) is 18.1 Å². The highest BCUT2D eigenvalue weighted by atomic mass is 16.6. The molecule has 11 atom stereocenters. The summed E-state index contributed by atoms with van der Waals surface area (Å²) in [6.45, 7) is 4.47. The number of carbonyl (C=O) groups is 2. The highest BCUT2D eigenvalue weighted by Crippen LogP contribution is 2.66. The summed E-state index contributed by atoms with van der Waals surface area (Å²) >= 11 is 0. The van der Waals surface area contributed by atoms with Gasteiger partial charge in [-0.25, -0.2) is 4.79 Å².